The van der Waals surface area contributed by atoms with Gasteiger partial charge in [-0.25, -0.2) is 0 Å². The molecule has 0 aliphatic rings. The SMILES string of the molecule is CCNc1c(CC)c(C)nc2ccsc12. The zero-order valence-electron chi connectivity index (χ0n) is 9.42. The molecule has 0 atom stereocenters. The van der Waals surface area contributed by atoms with Crippen molar-refractivity contribution >= 4 is 27.2 Å². The number of thiophene rings is 1. The molecule has 0 unspecified atom stereocenters. The second kappa shape index (κ2) is 4.19. The fourth-order valence-electron chi connectivity index (χ4n) is 1.94. The summed E-state index contributed by atoms with van der Waals surface area (Å²) in [6, 6.07) is 2.09. The molecule has 0 spiro atoms. The second-order valence-corrected chi connectivity index (χ2v) is 4.49. The van der Waals surface area contributed by atoms with E-state index in [2.05, 4.69) is 42.5 Å². The van der Waals surface area contributed by atoms with Crippen molar-refractivity contribution in [1.29, 1.82) is 0 Å². The van der Waals surface area contributed by atoms with Gasteiger partial charge in [-0.15, -0.1) is 11.3 Å². The van der Waals surface area contributed by atoms with E-state index in [0.29, 0.717) is 0 Å². The van der Waals surface area contributed by atoms with E-state index in [0.717, 1.165) is 24.2 Å². The maximum atomic E-state index is 4.62. The topological polar surface area (TPSA) is 24.9 Å². The van der Waals surface area contributed by atoms with Crippen molar-refractivity contribution in [2.24, 2.45) is 0 Å². The van der Waals surface area contributed by atoms with Gasteiger partial charge in [0, 0.05) is 12.2 Å². The third-order valence-electron chi connectivity index (χ3n) is 2.61. The number of rotatable bonds is 3. The van der Waals surface area contributed by atoms with Crippen LogP contribution in [0.5, 0.6) is 0 Å². The van der Waals surface area contributed by atoms with Gasteiger partial charge < -0.3 is 5.32 Å². The average Bonchev–Trinajstić information content (AvgIpc) is 2.66. The molecule has 3 heteroatoms. The minimum atomic E-state index is 0.962. The molecule has 0 aromatic carbocycles. The van der Waals surface area contributed by atoms with Crippen LogP contribution in [0.15, 0.2) is 11.4 Å². The highest BCUT2D eigenvalue weighted by Crippen LogP contribution is 2.32. The van der Waals surface area contributed by atoms with Gasteiger partial charge in [-0.2, -0.15) is 0 Å². The number of nitrogens with one attached hydrogen (secondary N) is 1. The Morgan fingerprint density at radius 2 is 2.20 bits per heavy atom. The summed E-state index contributed by atoms with van der Waals surface area (Å²) < 4.78 is 1.29. The van der Waals surface area contributed by atoms with Gasteiger partial charge in [0.15, 0.2) is 0 Å². The molecule has 2 rings (SSSR count). The smallest absolute Gasteiger partial charge is 0.0834 e. The molecular weight excluding hydrogens is 204 g/mol. The van der Waals surface area contributed by atoms with Crippen LogP contribution in [0.4, 0.5) is 5.69 Å². The normalized spacial score (nSPS) is 10.9. The van der Waals surface area contributed by atoms with E-state index in [1.165, 1.54) is 16.0 Å². The predicted octanol–water partition coefficient (Wildman–Crippen LogP) is 3.60. The molecule has 2 heterocycles. The molecule has 80 valence electrons. The molecule has 0 bridgehead atoms. The lowest BCUT2D eigenvalue weighted by molar-refractivity contribution is 1.06. The van der Waals surface area contributed by atoms with Crippen molar-refractivity contribution < 1.29 is 0 Å². The predicted molar refractivity (Wildman–Crippen MR) is 67.9 cm³/mol. The summed E-state index contributed by atoms with van der Waals surface area (Å²) in [5.74, 6) is 0. The molecular formula is C12H16N2S. The Hall–Kier alpha value is -1.09. The minimum Gasteiger partial charge on any atom is -0.384 e. The number of anilines is 1. The van der Waals surface area contributed by atoms with Crippen molar-refractivity contribution in [1.82, 2.24) is 4.98 Å². The van der Waals surface area contributed by atoms with Crippen LogP contribution < -0.4 is 5.32 Å². The zero-order valence-corrected chi connectivity index (χ0v) is 10.2. The van der Waals surface area contributed by atoms with E-state index in [9.17, 15) is 0 Å². The van der Waals surface area contributed by atoms with Crippen LogP contribution in [-0.4, -0.2) is 11.5 Å². The molecule has 1 N–H and O–H groups in total. The molecule has 2 aromatic rings. The Kier molecular flexibility index (Phi) is 2.91. The lowest BCUT2D eigenvalue weighted by atomic mass is 10.1. The van der Waals surface area contributed by atoms with Gasteiger partial charge in [-0.05, 0) is 37.3 Å². The Bertz CT molecular complexity index is 474. The highest BCUT2D eigenvalue weighted by atomic mass is 32.1. The van der Waals surface area contributed by atoms with Crippen LogP contribution >= 0.6 is 11.3 Å². The third-order valence-corrected chi connectivity index (χ3v) is 3.53. The van der Waals surface area contributed by atoms with Crippen LogP contribution in [0.2, 0.25) is 0 Å². The molecule has 2 nitrogen and oxygen atoms in total. The van der Waals surface area contributed by atoms with Gasteiger partial charge in [0.25, 0.3) is 0 Å². The summed E-state index contributed by atoms with van der Waals surface area (Å²) in [7, 11) is 0. The summed E-state index contributed by atoms with van der Waals surface area (Å²) in [5, 5.41) is 5.58. The number of aromatic nitrogens is 1. The van der Waals surface area contributed by atoms with Crippen molar-refractivity contribution in [3.63, 3.8) is 0 Å². The van der Waals surface area contributed by atoms with Crippen LogP contribution in [0.25, 0.3) is 10.2 Å². The number of hydrogen-bond donors (Lipinski definition) is 1. The minimum absolute atomic E-state index is 0.962. The monoisotopic (exact) mass is 220 g/mol. The molecule has 0 radical (unpaired) electrons. The van der Waals surface area contributed by atoms with Crippen LogP contribution in [0.1, 0.15) is 25.1 Å². The van der Waals surface area contributed by atoms with Crippen molar-refractivity contribution in [3.05, 3.63) is 22.7 Å². The third kappa shape index (κ3) is 1.72. The number of fused-ring (bicyclic) bond motifs is 1. The fraction of sp³-hybridized carbons (Fsp3) is 0.417. The van der Waals surface area contributed by atoms with Crippen LogP contribution in [0.3, 0.4) is 0 Å². The lowest BCUT2D eigenvalue weighted by Crippen LogP contribution is -2.03. The van der Waals surface area contributed by atoms with Gasteiger partial charge >= 0.3 is 0 Å². The highest BCUT2D eigenvalue weighted by Gasteiger charge is 2.11. The summed E-state index contributed by atoms with van der Waals surface area (Å²) in [4.78, 5) is 4.62. The quantitative estimate of drug-likeness (QED) is 0.855. The van der Waals surface area contributed by atoms with E-state index in [1.807, 2.05) is 0 Å². The van der Waals surface area contributed by atoms with Gasteiger partial charge in [0.05, 0.1) is 15.9 Å². The molecule has 0 saturated heterocycles. The average molecular weight is 220 g/mol. The maximum absolute atomic E-state index is 4.62. The first-order valence-electron chi connectivity index (χ1n) is 5.38. The van der Waals surface area contributed by atoms with E-state index in [4.69, 9.17) is 0 Å². The first kappa shape index (κ1) is 10.4. The van der Waals surface area contributed by atoms with Gasteiger partial charge in [-0.1, -0.05) is 6.92 Å². The van der Waals surface area contributed by atoms with E-state index < -0.39 is 0 Å². The largest absolute Gasteiger partial charge is 0.384 e. The first-order chi connectivity index (χ1) is 7.27. The van der Waals surface area contributed by atoms with E-state index in [1.54, 1.807) is 11.3 Å². The summed E-state index contributed by atoms with van der Waals surface area (Å²) in [6.07, 6.45) is 1.04. The molecule has 15 heavy (non-hydrogen) atoms. The maximum Gasteiger partial charge on any atom is 0.0834 e. The first-order valence-corrected chi connectivity index (χ1v) is 6.26. The van der Waals surface area contributed by atoms with Crippen LogP contribution in [0, 0.1) is 6.92 Å². The highest BCUT2D eigenvalue weighted by molar-refractivity contribution is 7.17. The van der Waals surface area contributed by atoms with Gasteiger partial charge in [0.1, 0.15) is 0 Å². The van der Waals surface area contributed by atoms with E-state index >= 15 is 0 Å². The Morgan fingerprint density at radius 3 is 2.87 bits per heavy atom. The Labute approximate surface area is 94.3 Å². The molecule has 0 fully saturated rings. The summed E-state index contributed by atoms with van der Waals surface area (Å²) in [5.41, 5.74) is 4.91. The molecule has 0 amide bonds. The van der Waals surface area contributed by atoms with Crippen LogP contribution in [-0.2, 0) is 6.42 Å². The Balaban J connectivity index is 2.71. The number of pyridine rings is 1. The molecule has 2 aromatic heterocycles. The summed E-state index contributed by atoms with van der Waals surface area (Å²) in [6.45, 7) is 7.37. The number of aryl methyl sites for hydroxylation is 1. The molecule has 0 aliphatic carbocycles. The number of hydrogen-bond acceptors (Lipinski definition) is 3. The van der Waals surface area contributed by atoms with Crippen molar-refractivity contribution in [3.8, 4) is 0 Å². The zero-order chi connectivity index (χ0) is 10.8. The number of nitrogens with zero attached hydrogens (tertiary/aromatic N) is 1. The standard InChI is InChI=1S/C12H16N2S/c1-4-9-8(3)14-10-6-7-15-12(10)11(9)13-5-2/h6-7H,4-5H2,1-3H3,(H,13,14). The van der Waals surface area contributed by atoms with Crippen molar-refractivity contribution in [2.45, 2.75) is 27.2 Å². The van der Waals surface area contributed by atoms with E-state index in [-0.39, 0.29) is 0 Å². The molecule has 0 aliphatic heterocycles. The summed E-state index contributed by atoms with van der Waals surface area (Å²) >= 11 is 1.77. The van der Waals surface area contributed by atoms with Crippen molar-refractivity contribution in [2.75, 3.05) is 11.9 Å². The Morgan fingerprint density at radius 1 is 1.40 bits per heavy atom. The lowest BCUT2D eigenvalue weighted by Gasteiger charge is -2.12. The fourth-order valence-corrected chi connectivity index (χ4v) is 2.82. The van der Waals surface area contributed by atoms with Gasteiger partial charge in [-0.3, -0.25) is 4.98 Å². The molecule has 0 saturated carbocycles. The second-order valence-electron chi connectivity index (χ2n) is 3.57. The van der Waals surface area contributed by atoms with Gasteiger partial charge in [0.2, 0.25) is 0 Å².